The monoisotopic (exact) mass is 401 g/mol. The second kappa shape index (κ2) is 8.81. The SMILES string of the molecule is CC1CCNCC1NS(=O)(=O)c1ccc(OCc2ncnn2C)cc1.Cl. The Labute approximate surface area is 159 Å². The van der Waals surface area contributed by atoms with Gasteiger partial charge in [-0.2, -0.15) is 5.10 Å². The molecule has 1 saturated heterocycles. The Balaban J connectivity index is 0.00000243. The minimum atomic E-state index is -3.55. The Bertz CT molecular complexity index is 810. The predicted molar refractivity (Wildman–Crippen MR) is 99.8 cm³/mol. The van der Waals surface area contributed by atoms with E-state index in [-0.39, 0.29) is 30.0 Å². The quantitative estimate of drug-likeness (QED) is 0.751. The Hall–Kier alpha value is -1.68. The lowest BCUT2D eigenvalue weighted by Gasteiger charge is -2.29. The second-order valence-corrected chi connectivity index (χ2v) is 7.97. The molecule has 1 aromatic carbocycles. The van der Waals surface area contributed by atoms with Crippen molar-refractivity contribution in [3.05, 3.63) is 36.4 Å². The molecule has 1 fully saturated rings. The van der Waals surface area contributed by atoms with Crippen molar-refractivity contribution < 1.29 is 13.2 Å². The number of sulfonamides is 1. The average molecular weight is 402 g/mol. The number of aryl methyl sites for hydroxylation is 1. The first kappa shape index (κ1) is 20.6. The predicted octanol–water partition coefficient (Wildman–Crippen LogP) is 1.09. The van der Waals surface area contributed by atoms with Crippen molar-refractivity contribution >= 4 is 22.4 Å². The van der Waals surface area contributed by atoms with Crippen LogP contribution >= 0.6 is 12.4 Å². The van der Waals surface area contributed by atoms with Gasteiger partial charge in [0.2, 0.25) is 10.0 Å². The molecule has 0 saturated carbocycles. The van der Waals surface area contributed by atoms with Crippen molar-refractivity contribution in [1.82, 2.24) is 24.8 Å². The molecule has 10 heteroatoms. The lowest BCUT2D eigenvalue weighted by molar-refractivity contribution is 0.289. The number of halogens is 1. The summed E-state index contributed by atoms with van der Waals surface area (Å²) in [6.07, 6.45) is 2.42. The van der Waals surface area contributed by atoms with Crippen LogP contribution < -0.4 is 14.8 Å². The van der Waals surface area contributed by atoms with Crippen molar-refractivity contribution in [3.8, 4) is 5.75 Å². The van der Waals surface area contributed by atoms with Crippen LogP contribution in [0.2, 0.25) is 0 Å². The summed E-state index contributed by atoms with van der Waals surface area (Å²) >= 11 is 0. The number of benzene rings is 1. The fraction of sp³-hybridized carbons (Fsp3) is 0.500. The fourth-order valence-corrected chi connectivity index (χ4v) is 4.07. The van der Waals surface area contributed by atoms with E-state index in [2.05, 4.69) is 27.0 Å². The number of aromatic nitrogens is 3. The lowest BCUT2D eigenvalue weighted by atomic mass is 9.96. The maximum atomic E-state index is 12.5. The Morgan fingerprint density at radius 3 is 2.69 bits per heavy atom. The molecule has 1 aliphatic rings. The van der Waals surface area contributed by atoms with Crippen molar-refractivity contribution in [2.24, 2.45) is 13.0 Å². The van der Waals surface area contributed by atoms with Gasteiger partial charge in [-0.3, -0.25) is 4.68 Å². The van der Waals surface area contributed by atoms with Crippen LogP contribution in [-0.2, 0) is 23.7 Å². The largest absolute Gasteiger partial charge is 0.486 e. The Kier molecular flexibility index (Phi) is 6.99. The summed E-state index contributed by atoms with van der Waals surface area (Å²) in [5.74, 6) is 1.58. The summed E-state index contributed by atoms with van der Waals surface area (Å²) in [4.78, 5) is 4.31. The van der Waals surface area contributed by atoms with Gasteiger partial charge < -0.3 is 10.1 Å². The van der Waals surface area contributed by atoms with Crippen molar-refractivity contribution in [3.63, 3.8) is 0 Å². The van der Waals surface area contributed by atoms with Crippen LogP contribution in [0.15, 0.2) is 35.5 Å². The van der Waals surface area contributed by atoms with E-state index < -0.39 is 10.0 Å². The summed E-state index contributed by atoms with van der Waals surface area (Å²) in [6.45, 7) is 3.92. The summed E-state index contributed by atoms with van der Waals surface area (Å²) in [5, 5.41) is 7.19. The first-order valence-corrected chi connectivity index (χ1v) is 9.73. The average Bonchev–Trinajstić information content (AvgIpc) is 3.00. The van der Waals surface area contributed by atoms with Gasteiger partial charge in [0.15, 0.2) is 5.82 Å². The molecule has 8 nitrogen and oxygen atoms in total. The van der Waals surface area contributed by atoms with E-state index in [0.29, 0.717) is 24.0 Å². The van der Waals surface area contributed by atoms with Gasteiger partial charge in [-0.1, -0.05) is 6.92 Å². The summed E-state index contributed by atoms with van der Waals surface area (Å²) in [7, 11) is -1.76. The van der Waals surface area contributed by atoms with Crippen LogP contribution in [-0.4, -0.2) is 42.3 Å². The van der Waals surface area contributed by atoms with Crippen LogP contribution in [0.4, 0.5) is 0 Å². The minimum absolute atomic E-state index is 0. The number of ether oxygens (including phenoxy) is 1. The van der Waals surface area contributed by atoms with E-state index in [9.17, 15) is 8.42 Å². The van der Waals surface area contributed by atoms with Gasteiger partial charge in [0.05, 0.1) is 4.90 Å². The number of piperidine rings is 1. The zero-order chi connectivity index (χ0) is 17.9. The van der Waals surface area contributed by atoms with Crippen LogP contribution in [0.1, 0.15) is 19.2 Å². The fourth-order valence-electron chi connectivity index (χ4n) is 2.73. The summed E-state index contributed by atoms with van der Waals surface area (Å²) in [6, 6.07) is 6.30. The van der Waals surface area contributed by atoms with Crippen LogP contribution in [0.3, 0.4) is 0 Å². The van der Waals surface area contributed by atoms with Crippen LogP contribution in [0, 0.1) is 5.92 Å². The molecule has 2 N–H and O–H groups in total. The Morgan fingerprint density at radius 2 is 2.08 bits per heavy atom. The second-order valence-electron chi connectivity index (χ2n) is 6.26. The number of hydrogen-bond donors (Lipinski definition) is 2. The lowest BCUT2D eigenvalue weighted by Crippen LogP contribution is -2.50. The standard InChI is InChI=1S/C16H23N5O3S.ClH/c1-12-7-8-17-9-15(12)20-25(22,23)14-5-3-13(4-6-14)24-10-16-18-11-19-21(16)2;/h3-6,11-12,15,17,20H,7-10H2,1-2H3;1H. The molecule has 0 bridgehead atoms. The molecular weight excluding hydrogens is 378 g/mol. The molecule has 0 radical (unpaired) electrons. The van der Waals surface area contributed by atoms with Gasteiger partial charge in [-0.15, -0.1) is 12.4 Å². The van der Waals surface area contributed by atoms with E-state index in [0.717, 1.165) is 13.0 Å². The molecule has 26 heavy (non-hydrogen) atoms. The topological polar surface area (TPSA) is 98.1 Å². The molecule has 2 aromatic rings. The molecule has 0 amide bonds. The Morgan fingerprint density at radius 1 is 1.35 bits per heavy atom. The first-order valence-electron chi connectivity index (χ1n) is 8.24. The highest BCUT2D eigenvalue weighted by molar-refractivity contribution is 7.89. The molecule has 2 atom stereocenters. The molecule has 144 valence electrons. The van der Waals surface area contributed by atoms with Crippen LogP contribution in [0.5, 0.6) is 5.75 Å². The number of nitrogens with one attached hydrogen (secondary N) is 2. The van der Waals surface area contributed by atoms with Gasteiger partial charge in [-0.25, -0.2) is 18.1 Å². The normalized spacial score (nSPS) is 20.4. The van der Waals surface area contributed by atoms with E-state index >= 15 is 0 Å². The molecule has 0 spiro atoms. The van der Waals surface area contributed by atoms with Crippen molar-refractivity contribution in [2.45, 2.75) is 30.9 Å². The van der Waals surface area contributed by atoms with E-state index in [1.54, 1.807) is 36.0 Å². The number of rotatable bonds is 6. The zero-order valence-electron chi connectivity index (χ0n) is 14.8. The molecule has 1 aliphatic heterocycles. The molecule has 3 rings (SSSR count). The number of nitrogens with zero attached hydrogens (tertiary/aromatic N) is 3. The van der Waals surface area contributed by atoms with E-state index in [1.807, 2.05) is 0 Å². The van der Waals surface area contributed by atoms with Gasteiger partial charge in [0.1, 0.15) is 18.7 Å². The maximum Gasteiger partial charge on any atom is 0.240 e. The first-order chi connectivity index (χ1) is 12.0. The highest BCUT2D eigenvalue weighted by atomic mass is 35.5. The molecule has 2 heterocycles. The highest BCUT2D eigenvalue weighted by Gasteiger charge is 2.26. The minimum Gasteiger partial charge on any atom is -0.486 e. The summed E-state index contributed by atoms with van der Waals surface area (Å²) in [5.41, 5.74) is 0. The molecule has 2 unspecified atom stereocenters. The van der Waals surface area contributed by atoms with Crippen LogP contribution in [0.25, 0.3) is 0 Å². The molecule has 1 aromatic heterocycles. The molecular formula is C16H24ClN5O3S. The van der Waals surface area contributed by atoms with Gasteiger partial charge in [0.25, 0.3) is 0 Å². The van der Waals surface area contributed by atoms with Gasteiger partial charge >= 0.3 is 0 Å². The van der Waals surface area contributed by atoms with Gasteiger partial charge in [0, 0.05) is 19.6 Å². The van der Waals surface area contributed by atoms with E-state index in [1.165, 1.54) is 6.33 Å². The van der Waals surface area contributed by atoms with Gasteiger partial charge in [-0.05, 0) is 43.1 Å². The molecule has 0 aliphatic carbocycles. The third-order valence-electron chi connectivity index (χ3n) is 4.44. The zero-order valence-corrected chi connectivity index (χ0v) is 16.4. The third-order valence-corrected chi connectivity index (χ3v) is 5.95. The number of hydrogen-bond acceptors (Lipinski definition) is 6. The maximum absolute atomic E-state index is 12.5. The summed E-state index contributed by atoms with van der Waals surface area (Å²) < 4.78 is 35.1. The van der Waals surface area contributed by atoms with E-state index in [4.69, 9.17) is 4.74 Å². The van der Waals surface area contributed by atoms with Crippen molar-refractivity contribution in [2.75, 3.05) is 13.1 Å². The smallest absolute Gasteiger partial charge is 0.240 e. The highest BCUT2D eigenvalue weighted by Crippen LogP contribution is 2.19. The van der Waals surface area contributed by atoms with Crippen molar-refractivity contribution in [1.29, 1.82) is 0 Å². The third kappa shape index (κ3) is 4.94.